The number of para-hydroxylation sites is 1. The van der Waals surface area contributed by atoms with Crippen molar-refractivity contribution in [2.45, 2.75) is 56.9 Å². The Kier molecular flexibility index (Phi) is 10.2. The number of carbonyl (C=O) groups is 2. The van der Waals surface area contributed by atoms with Crippen LogP contribution >= 0.6 is 11.6 Å². The number of imide groups is 1. The van der Waals surface area contributed by atoms with Crippen LogP contribution < -0.4 is 36.0 Å². The van der Waals surface area contributed by atoms with E-state index in [4.69, 9.17) is 26.4 Å². The van der Waals surface area contributed by atoms with Gasteiger partial charge in [0.05, 0.1) is 46.3 Å². The first-order valence-corrected chi connectivity index (χ1v) is 22.0. The zero-order valence-electron chi connectivity index (χ0n) is 35.0. The molecule has 0 spiro atoms. The number of anilines is 5. The number of nitrogens with zero attached hydrogens (tertiary/aromatic N) is 8. The van der Waals surface area contributed by atoms with Crippen molar-refractivity contribution in [1.29, 1.82) is 0 Å². The number of fused-ring (bicyclic) bond motifs is 4. The van der Waals surface area contributed by atoms with E-state index in [2.05, 4.69) is 48.6 Å². The minimum absolute atomic E-state index is 0.107. The van der Waals surface area contributed by atoms with Crippen molar-refractivity contribution in [2.24, 2.45) is 31.8 Å². The van der Waals surface area contributed by atoms with Gasteiger partial charge >= 0.3 is 5.92 Å². The van der Waals surface area contributed by atoms with E-state index < -0.39 is 30.0 Å². The van der Waals surface area contributed by atoms with Crippen LogP contribution in [0.2, 0.25) is 5.02 Å². The van der Waals surface area contributed by atoms with Crippen LogP contribution in [0.25, 0.3) is 21.8 Å². The Hall–Kier alpha value is -5.55. The second kappa shape index (κ2) is 15.7. The van der Waals surface area contributed by atoms with Crippen LogP contribution in [0.1, 0.15) is 50.6 Å². The quantitative estimate of drug-likeness (QED) is 0.166. The summed E-state index contributed by atoms with van der Waals surface area (Å²) in [7, 11) is 3.53. The Labute approximate surface area is 361 Å². The van der Waals surface area contributed by atoms with E-state index in [0.717, 1.165) is 74.5 Å². The zero-order valence-corrected chi connectivity index (χ0v) is 35.7. The lowest BCUT2D eigenvalue weighted by molar-refractivity contribution is -0.134. The fraction of sp³-hybridized carbons (Fsp3) is 0.500. The van der Waals surface area contributed by atoms with E-state index >= 15 is 8.78 Å². The molecule has 0 radical (unpaired) electrons. The van der Waals surface area contributed by atoms with Gasteiger partial charge in [-0.05, 0) is 67.7 Å². The lowest BCUT2D eigenvalue weighted by Gasteiger charge is -2.42. The molecular weight excluding hydrogens is 820 g/mol. The average Bonchev–Trinajstić information content (AvgIpc) is 4.06. The number of halogens is 3. The normalized spacial score (nSPS) is 24.4. The van der Waals surface area contributed by atoms with Gasteiger partial charge < -0.3 is 29.7 Å². The van der Waals surface area contributed by atoms with Crippen molar-refractivity contribution in [3.8, 4) is 5.75 Å². The van der Waals surface area contributed by atoms with Crippen molar-refractivity contribution in [3.05, 3.63) is 63.7 Å². The summed E-state index contributed by atoms with van der Waals surface area (Å²) in [5.41, 5.74) is 3.84. The number of nitrogens with one attached hydrogen (secondary N) is 3. The van der Waals surface area contributed by atoms with E-state index in [0.29, 0.717) is 70.9 Å². The highest BCUT2D eigenvalue weighted by Crippen LogP contribution is 2.46. The van der Waals surface area contributed by atoms with E-state index in [9.17, 15) is 14.4 Å². The number of benzene rings is 2. The summed E-state index contributed by atoms with van der Waals surface area (Å²) >= 11 is 6.66. The number of alkyl halides is 2. The van der Waals surface area contributed by atoms with Crippen LogP contribution in [0.4, 0.5) is 37.6 Å². The molecule has 2 unspecified atom stereocenters. The van der Waals surface area contributed by atoms with E-state index in [1.54, 1.807) is 19.3 Å². The first-order chi connectivity index (χ1) is 29.8. The van der Waals surface area contributed by atoms with Gasteiger partial charge in [0.15, 0.2) is 12.4 Å². The van der Waals surface area contributed by atoms with Gasteiger partial charge in [0.1, 0.15) is 5.02 Å². The van der Waals surface area contributed by atoms with Crippen molar-refractivity contribution in [1.82, 2.24) is 34.5 Å². The summed E-state index contributed by atoms with van der Waals surface area (Å²) in [5.74, 6) is -2.50. The Morgan fingerprint density at radius 2 is 1.79 bits per heavy atom. The minimum Gasteiger partial charge on any atom is -0.480 e. The summed E-state index contributed by atoms with van der Waals surface area (Å²) in [6.07, 6.45) is 4.76. The van der Waals surface area contributed by atoms with E-state index in [1.807, 2.05) is 36.0 Å². The van der Waals surface area contributed by atoms with Gasteiger partial charge in [-0.2, -0.15) is 10.1 Å². The Balaban J connectivity index is 0.791. The van der Waals surface area contributed by atoms with Crippen LogP contribution in [0.15, 0.2) is 47.4 Å². The predicted octanol–water partition coefficient (Wildman–Crippen LogP) is 5.64. The molecule has 5 aliphatic rings. The van der Waals surface area contributed by atoms with Gasteiger partial charge in [0, 0.05) is 82.8 Å². The smallest absolute Gasteiger partial charge is 0.301 e. The molecule has 2 aromatic carbocycles. The third-order valence-corrected chi connectivity index (χ3v) is 13.9. The van der Waals surface area contributed by atoms with Gasteiger partial charge in [-0.25, -0.2) is 13.8 Å². The molecule has 0 bridgehead atoms. The van der Waals surface area contributed by atoms with Crippen molar-refractivity contribution in [2.75, 3.05) is 72.9 Å². The summed E-state index contributed by atoms with van der Waals surface area (Å²) in [5, 5.41) is 15.5. The zero-order chi connectivity index (χ0) is 43.0. The van der Waals surface area contributed by atoms with Crippen molar-refractivity contribution >= 4 is 74.0 Å². The maximum absolute atomic E-state index is 15.2. The predicted molar refractivity (Wildman–Crippen MR) is 234 cm³/mol. The monoisotopic (exact) mass is 869 g/mol. The van der Waals surface area contributed by atoms with Crippen molar-refractivity contribution < 1.29 is 23.1 Å². The SMILES string of the molecule is C[C@H]1CN(c2ncc(Cl)c(Nc3ccc4c(c3)c3c(c(=O)n4C)OCC(F)(F)C(C4CC4)N3)n2)CC[C@H]1CN1CCN(c2cccc3c(C4CCC(=O)NC4=O)nn(C)c23)CC1. The van der Waals surface area contributed by atoms with Gasteiger partial charge in [-0.15, -0.1) is 0 Å². The van der Waals surface area contributed by atoms with E-state index in [-0.39, 0.29) is 29.2 Å². The topological polar surface area (TPSA) is 155 Å². The number of rotatable bonds is 8. The first-order valence-electron chi connectivity index (χ1n) is 21.6. The molecule has 3 aromatic heterocycles. The van der Waals surface area contributed by atoms with Gasteiger partial charge in [0.2, 0.25) is 23.5 Å². The number of piperazine rings is 1. The fourth-order valence-electron chi connectivity index (χ4n) is 9.98. The van der Waals surface area contributed by atoms with Crippen LogP contribution in [-0.4, -0.2) is 105 Å². The number of ether oxygens (including phenoxy) is 1. The second-order valence-corrected chi connectivity index (χ2v) is 18.2. The summed E-state index contributed by atoms with van der Waals surface area (Å²) in [6, 6.07) is 10.5. The highest BCUT2D eigenvalue weighted by molar-refractivity contribution is 6.33. The number of piperidine rings is 2. The highest BCUT2D eigenvalue weighted by Gasteiger charge is 2.51. The third kappa shape index (κ3) is 7.35. The fourth-order valence-corrected chi connectivity index (χ4v) is 10.1. The standard InChI is InChI=1S/C44H50ClF2N11O4/c1-24-21-58(14-13-26(24)22-56-15-17-57(18-16-56)33-6-4-5-28-35(53-55(3)37(28)33)29-10-12-34(59)50-41(29)60)43-48-20-31(45)40(52-43)49-27-9-11-32-30(19-27)36-38(42(61)54(32)2)62-23-44(46,47)39(51-36)25-7-8-25/h4-6,9,11,19-20,24-26,29,39,51H,7-8,10,12-18,21-23H2,1-3H3,(H,48,49,52)(H,50,59,60)/t24-,26-,29?,39?/m0/s1. The van der Waals surface area contributed by atoms with Crippen LogP contribution in [0.5, 0.6) is 5.75 Å². The molecular formula is C44H50ClF2N11O4. The molecule has 4 aliphatic heterocycles. The molecule has 3 N–H and O–H groups in total. The molecule has 62 heavy (non-hydrogen) atoms. The number of aryl methyl sites for hydroxylation is 2. The molecule has 2 amide bonds. The molecule has 18 heteroatoms. The lowest BCUT2D eigenvalue weighted by Crippen LogP contribution is -2.50. The molecule has 4 fully saturated rings. The number of aromatic nitrogens is 5. The minimum atomic E-state index is -3.13. The largest absolute Gasteiger partial charge is 0.480 e. The van der Waals surface area contributed by atoms with Crippen LogP contribution in [0.3, 0.4) is 0 Å². The number of amides is 2. The molecule has 3 saturated heterocycles. The highest BCUT2D eigenvalue weighted by atomic mass is 35.5. The second-order valence-electron chi connectivity index (χ2n) is 17.7. The third-order valence-electron chi connectivity index (χ3n) is 13.6. The lowest BCUT2D eigenvalue weighted by atomic mass is 9.86. The maximum Gasteiger partial charge on any atom is 0.301 e. The average molecular weight is 870 g/mol. The summed E-state index contributed by atoms with van der Waals surface area (Å²) in [4.78, 5) is 54.5. The van der Waals surface area contributed by atoms with Crippen molar-refractivity contribution in [3.63, 3.8) is 0 Å². The maximum atomic E-state index is 15.2. The first kappa shape index (κ1) is 40.5. The molecule has 15 nitrogen and oxygen atoms in total. The number of carbonyl (C=O) groups excluding carboxylic acids is 2. The van der Waals surface area contributed by atoms with Gasteiger partial charge in [-0.3, -0.25) is 29.3 Å². The molecule has 1 aliphatic carbocycles. The Bertz CT molecular complexity index is 2660. The molecule has 4 atom stereocenters. The van der Waals surface area contributed by atoms with Crippen LogP contribution in [-0.2, 0) is 23.7 Å². The molecule has 10 rings (SSSR count). The summed E-state index contributed by atoms with van der Waals surface area (Å²) in [6.45, 7) is 7.63. The molecule has 1 saturated carbocycles. The van der Waals surface area contributed by atoms with Gasteiger partial charge in [0.25, 0.3) is 5.56 Å². The van der Waals surface area contributed by atoms with Crippen LogP contribution in [0, 0.1) is 17.8 Å². The number of hydrogen-bond acceptors (Lipinski definition) is 12. The number of hydrogen-bond donors (Lipinski definition) is 3. The Morgan fingerprint density at radius 1 is 0.984 bits per heavy atom. The van der Waals surface area contributed by atoms with E-state index in [1.165, 1.54) is 4.57 Å². The molecule has 5 aromatic rings. The molecule has 7 heterocycles. The Morgan fingerprint density at radius 3 is 2.55 bits per heavy atom. The molecule has 326 valence electrons. The number of pyridine rings is 1. The van der Waals surface area contributed by atoms with Gasteiger partial charge in [-0.1, -0.05) is 30.7 Å². The summed E-state index contributed by atoms with van der Waals surface area (Å²) < 4.78 is 39.2.